The Morgan fingerprint density at radius 1 is 1.22 bits per heavy atom. The summed E-state index contributed by atoms with van der Waals surface area (Å²) in [5.41, 5.74) is -1.32. The van der Waals surface area contributed by atoms with Gasteiger partial charge in [-0.3, -0.25) is 4.90 Å². The van der Waals surface area contributed by atoms with Gasteiger partial charge in [-0.25, -0.2) is 4.39 Å². The van der Waals surface area contributed by atoms with E-state index in [1.54, 1.807) is 6.92 Å². The molecule has 0 radical (unpaired) electrons. The van der Waals surface area contributed by atoms with Gasteiger partial charge in [0.25, 0.3) is 0 Å². The molecule has 0 aliphatic carbocycles. The fourth-order valence-corrected chi connectivity index (χ4v) is 2.80. The van der Waals surface area contributed by atoms with Gasteiger partial charge >= 0.3 is 6.18 Å². The number of hydrogen-bond acceptors (Lipinski definition) is 3. The van der Waals surface area contributed by atoms with E-state index in [0.717, 1.165) is 0 Å². The van der Waals surface area contributed by atoms with Crippen LogP contribution in [-0.4, -0.2) is 36.2 Å². The quantitative estimate of drug-likeness (QED) is 0.786. The Labute approximate surface area is 144 Å². The molecule has 9 heteroatoms. The van der Waals surface area contributed by atoms with Gasteiger partial charge in [0.05, 0.1) is 5.56 Å². The highest BCUT2D eigenvalue weighted by atomic mass is 35.5. The minimum absolute atomic E-state index is 0. The molecule has 1 aromatic carbocycles. The third-order valence-corrected chi connectivity index (χ3v) is 3.79. The minimum atomic E-state index is -4.62. The van der Waals surface area contributed by atoms with Crippen LogP contribution >= 0.6 is 24.8 Å². The van der Waals surface area contributed by atoms with Gasteiger partial charge in [0.2, 0.25) is 0 Å². The number of phenols is 1. The van der Waals surface area contributed by atoms with E-state index in [1.165, 1.54) is 0 Å². The zero-order chi connectivity index (χ0) is 15.6. The van der Waals surface area contributed by atoms with Crippen molar-refractivity contribution in [2.24, 2.45) is 0 Å². The van der Waals surface area contributed by atoms with E-state index >= 15 is 0 Å². The lowest BCUT2D eigenvalue weighted by molar-refractivity contribution is -0.139. The summed E-state index contributed by atoms with van der Waals surface area (Å²) < 4.78 is 53.0. The summed E-state index contributed by atoms with van der Waals surface area (Å²) in [5, 5.41) is 13.0. The van der Waals surface area contributed by atoms with E-state index in [0.29, 0.717) is 44.7 Å². The molecule has 1 aromatic rings. The molecule has 0 unspecified atom stereocenters. The molecule has 0 saturated carbocycles. The lowest BCUT2D eigenvalue weighted by Gasteiger charge is -2.36. The second kappa shape index (κ2) is 8.92. The number of benzene rings is 1. The average molecular weight is 379 g/mol. The minimum Gasteiger partial charge on any atom is -0.505 e. The van der Waals surface area contributed by atoms with E-state index in [4.69, 9.17) is 0 Å². The number of phenolic OH excluding ortho intramolecular Hbond substituents is 1. The van der Waals surface area contributed by atoms with Crippen molar-refractivity contribution in [3.63, 3.8) is 0 Å². The van der Waals surface area contributed by atoms with E-state index in [1.807, 2.05) is 4.90 Å². The molecule has 1 aliphatic heterocycles. The highest BCUT2D eigenvalue weighted by Gasteiger charge is 2.38. The van der Waals surface area contributed by atoms with E-state index in [2.05, 4.69) is 5.32 Å². The molecule has 0 aromatic heterocycles. The highest BCUT2D eigenvalue weighted by Crippen LogP contribution is 2.42. The van der Waals surface area contributed by atoms with Crippen molar-refractivity contribution in [3.8, 4) is 5.75 Å². The zero-order valence-electron chi connectivity index (χ0n) is 12.5. The maximum atomic E-state index is 13.6. The Morgan fingerprint density at radius 2 is 1.78 bits per heavy atom. The van der Waals surface area contributed by atoms with Crippen molar-refractivity contribution in [2.45, 2.75) is 25.6 Å². The second-order valence-corrected chi connectivity index (χ2v) is 5.07. The first-order valence-corrected chi connectivity index (χ1v) is 6.89. The van der Waals surface area contributed by atoms with Crippen molar-refractivity contribution in [3.05, 3.63) is 29.1 Å². The molecule has 1 saturated heterocycles. The van der Waals surface area contributed by atoms with E-state index in [-0.39, 0.29) is 30.4 Å². The second-order valence-electron chi connectivity index (χ2n) is 5.07. The standard InChI is InChI=1S/C14H18F4N2O.2ClH/c1-2-11(20-7-5-19-6-8-20)12-9(14(16,17)18)3-4-10(15)13(12)21;;/h3-4,11,19,21H,2,5-8H2,1H3;2*1H/t11-;;/m1../s1. The average Bonchev–Trinajstić information content (AvgIpc) is 2.44. The van der Waals surface area contributed by atoms with Crippen LogP contribution in [0.15, 0.2) is 12.1 Å². The maximum Gasteiger partial charge on any atom is 0.416 e. The Hall–Kier alpha value is -0.760. The number of aromatic hydroxyl groups is 1. The summed E-state index contributed by atoms with van der Waals surface area (Å²) in [4.78, 5) is 1.85. The van der Waals surface area contributed by atoms with Crippen molar-refractivity contribution in [1.29, 1.82) is 0 Å². The molecule has 1 atom stereocenters. The van der Waals surface area contributed by atoms with Crippen molar-refractivity contribution in [2.75, 3.05) is 26.2 Å². The predicted octanol–water partition coefficient (Wildman–Crippen LogP) is 3.75. The van der Waals surface area contributed by atoms with Gasteiger partial charge in [-0.2, -0.15) is 13.2 Å². The molecular formula is C14H20Cl2F4N2O. The number of piperazine rings is 1. The predicted molar refractivity (Wildman–Crippen MR) is 85.0 cm³/mol. The highest BCUT2D eigenvalue weighted by molar-refractivity contribution is 5.85. The number of nitrogens with one attached hydrogen (secondary N) is 1. The first kappa shape index (κ1) is 22.2. The summed E-state index contributed by atoms with van der Waals surface area (Å²) >= 11 is 0. The van der Waals surface area contributed by atoms with Crippen LogP contribution in [0.25, 0.3) is 0 Å². The number of rotatable bonds is 3. The Morgan fingerprint density at radius 3 is 2.26 bits per heavy atom. The molecule has 3 nitrogen and oxygen atoms in total. The summed E-state index contributed by atoms with van der Waals surface area (Å²) in [5.74, 6) is -1.92. The Bertz CT molecular complexity index is 508. The maximum absolute atomic E-state index is 13.6. The monoisotopic (exact) mass is 378 g/mol. The molecule has 1 fully saturated rings. The molecule has 0 bridgehead atoms. The number of hydrogen-bond donors (Lipinski definition) is 2. The molecular weight excluding hydrogens is 359 g/mol. The summed E-state index contributed by atoms with van der Waals surface area (Å²) in [6, 6.07) is 0.709. The van der Waals surface area contributed by atoms with Gasteiger partial charge < -0.3 is 10.4 Å². The fourth-order valence-electron chi connectivity index (χ4n) is 2.80. The van der Waals surface area contributed by atoms with Crippen LogP contribution < -0.4 is 5.32 Å². The number of nitrogens with zero attached hydrogens (tertiary/aromatic N) is 1. The van der Waals surface area contributed by atoms with Crippen LogP contribution in [0.3, 0.4) is 0 Å². The van der Waals surface area contributed by atoms with Crippen LogP contribution in [0, 0.1) is 5.82 Å². The van der Waals surface area contributed by atoms with Gasteiger partial charge in [-0.1, -0.05) is 6.92 Å². The van der Waals surface area contributed by atoms with Crippen LogP contribution in [0.4, 0.5) is 17.6 Å². The van der Waals surface area contributed by atoms with Gasteiger partial charge in [0.1, 0.15) is 0 Å². The smallest absolute Gasteiger partial charge is 0.416 e. The first-order valence-electron chi connectivity index (χ1n) is 6.89. The lowest BCUT2D eigenvalue weighted by Crippen LogP contribution is -2.45. The number of alkyl halides is 3. The van der Waals surface area contributed by atoms with Gasteiger partial charge in [-0.05, 0) is 18.6 Å². The van der Waals surface area contributed by atoms with Crippen molar-refractivity contribution in [1.82, 2.24) is 10.2 Å². The van der Waals surface area contributed by atoms with Crippen LogP contribution in [0.5, 0.6) is 5.75 Å². The normalized spacial score (nSPS) is 17.1. The van der Waals surface area contributed by atoms with Crippen LogP contribution in [0.2, 0.25) is 0 Å². The van der Waals surface area contributed by atoms with Crippen molar-refractivity contribution < 1.29 is 22.7 Å². The third-order valence-electron chi connectivity index (χ3n) is 3.79. The first-order chi connectivity index (χ1) is 9.86. The SMILES string of the molecule is CC[C@H](c1c(C(F)(F)F)ccc(F)c1O)N1CCNCC1.Cl.Cl. The third kappa shape index (κ3) is 4.86. The van der Waals surface area contributed by atoms with Gasteiger partial charge in [0.15, 0.2) is 11.6 Å². The van der Waals surface area contributed by atoms with Gasteiger partial charge in [-0.15, -0.1) is 24.8 Å². The molecule has 0 spiro atoms. The van der Waals surface area contributed by atoms with Crippen molar-refractivity contribution >= 4 is 24.8 Å². The lowest BCUT2D eigenvalue weighted by atomic mass is 9.94. The molecule has 2 rings (SSSR count). The summed E-state index contributed by atoms with van der Waals surface area (Å²) in [6.45, 7) is 4.18. The molecule has 23 heavy (non-hydrogen) atoms. The summed E-state index contributed by atoms with van der Waals surface area (Å²) in [7, 11) is 0. The van der Waals surface area contributed by atoms with E-state index in [9.17, 15) is 22.7 Å². The van der Waals surface area contributed by atoms with Crippen LogP contribution in [0.1, 0.15) is 30.5 Å². The van der Waals surface area contributed by atoms with Crippen LogP contribution in [-0.2, 0) is 6.18 Å². The molecule has 2 N–H and O–H groups in total. The largest absolute Gasteiger partial charge is 0.505 e. The molecule has 0 amide bonds. The van der Waals surface area contributed by atoms with E-state index < -0.39 is 29.3 Å². The zero-order valence-corrected chi connectivity index (χ0v) is 14.1. The number of halogens is 6. The molecule has 134 valence electrons. The topological polar surface area (TPSA) is 35.5 Å². The Kier molecular flexibility index (Phi) is 8.62. The van der Waals surface area contributed by atoms with Gasteiger partial charge in [0, 0.05) is 37.8 Å². The summed E-state index contributed by atoms with van der Waals surface area (Å²) in [6.07, 6.45) is -4.26. The Balaban J connectivity index is 0.00000242. The molecule has 1 heterocycles. The fraction of sp³-hybridized carbons (Fsp3) is 0.571. The molecule has 1 aliphatic rings.